The van der Waals surface area contributed by atoms with Crippen LogP contribution in [0.4, 0.5) is 5.69 Å². The van der Waals surface area contributed by atoms with Gasteiger partial charge in [-0.1, -0.05) is 25.5 Å². The van der Waals surface area contributed by atoms with Gasteiger partial charge in [-0.2, -0.15) is 5.26 Å². The number of amides is 1. The van der Waals surface area contributed by atoms with Crippen molar-refractivity contribution in [3.05, 3.63) is 29.8 Å². The lowest BCUT2D eigenvalue weighted by Crippen LogP contribution is -2.44. The fraction of sp³-hybridized carbons (Fsp3) is 0.529. The molecule has 24 heavy (non-hydrogen) atoms. The van der Waals surface area contributed by atoms with E-state index in [2.05, 4.69) is 5.32 Å². The van der Waals surface area contributed by atoms with Gasteiger partial charge in [0.05, 0.1) is 22.9 Å². The average Bonchev–Trinajstić information content (AvgIpc) is 2.60. The van der Waals surface area contributed by atoms with Crippen LogP contribution in [0.25, 0.3) is 0 Å². The van der Waals surface area contributed by atoms with Gasteiger partial charge in [-0.15, -0.1) is 0 Å². The van der Waals surface area contributed by atoms with E-state index in [0.29, 0.717) is 37.1 Å². The Morgan fingerprint density at radius 2 is 2.17 bits per heavy atom. The third-order valence-corrected chi connectivity index (χ3v) is 6.13. The molecule has 1 aromatic carbocycles. The number of nitrogens with zero attached hydrogens (tertiary/aromatic N) is 2. The van der Waals surface area contributed by atoms with Gasteiger partial charge >= 0.3 is 0 Å². The maximum absolute atomic E-state index is 12.5. The van der Waals surface area contributed by atoms with Crippen molar-refractivity contribution in [2.75, 3.05) is 24.2 Å². The number of anilines is 1. The van der Waals surface area contributed by atoms with Crippen molar-refractivity contribution in [2.24, 2.45) is 5.92 Å². The molecule has 2 rings (SSSR count). The Morgan fingerprint density at radius 3 is 2.88 bits per heavy atom. The molecule has 1 heterocycles. The normalized spacial score (nSPS) is 18.8. The molecule has 1 aliphatic heterocycles. The number of hydrogen-bond acceptors (Lipinski definition) is 4. The zero-order valence-electron chi connectivity index (χ0n) is 13.9. The summed E-state index contributed by atoms with van der Waals surface area (Å²) in [6, 6.07) is 8.83. The highest BCUT2D eigenvalue weighted by Crippen LogP contribution is 2.22. The number of piperidine rings is 1. The van der Waals surface area contributed by atoms with Crippen LogP contribution in [0.5, 0.6) is 0 Å². The molecule has 0 aliphatic carbocycles. The number of carbonyl (C=O) groups excluding carboxylic acids is 1. The first-order valence-corrected chi connectivity index (χ1v) is 9.86. The van der Waals surface area contributed by atoms with Crippen LogP contribution >= 0.6 is 0 Å². The molecule has 0 bridgehead atoms. The van der Waals surface area contributed by atoms with E-state index in [9.17, 15) is 13.2 Å². The number of carbonyl (C=O) groups is 1. The molecule has 1 aromatic rings. The van der Waals surface area contributed by atoms with Gasteiger partial charge in [0, 0.05) is 13.1 Å². The Morgan fingerprint density at radius 1 is 1.42 bits per heavy atom. The van der Waals surface area contributed by atoms with Crippen LogP contribution in [0.3, 0.4) is 0 Å². The van der Waals surface area contributed by atoms with E-state index in [-0.39, 0.29) is 24.1 Å². The second-order valence-corrected chi connectivity index (χ2v) is 8.10. The number of nitriles is 1. The maximum atomic E-state index is 12.5. The van der Waals surface area contributed by atoms with E-state index < -0.39 is 10.0 Å². The molecule has 6 nitrogen and oxygen atoms in total. The number of para-hydroxylation sites is 1. The third kappa shape index (κ3) is 4.56. The van der Waals surface area contributed by atoms with E-state index in [4.69, 9.17) is 5.26 Å². The standard InChI is InChI=1S/C17H23N3O3S/c1-2-3-11-24(22,23)20-10-6-8-15(13-20)17(21)19-16-9-5-4-7-14(16)12-18/h4-5,7,9,15H,2-3,6,8,10-11,13H2,1H3,(H,19,21). The Balaban J connectivity index is 2.04. The highest BCUT2D eigenvalue weighted by molar-refractivity contribution is 7.89. The summed E-state index contributed by atoms with van der Waals surface area (Å²) in [4.78, 5) is 12.5. The van der Waals surface area contributed by atoms with E-state index in [1.54, 1.807) is 24.3 Å². The SMILES string of the molecule is CCCCS(=O)(=O)N1CCCC(C(=O)Nc2ccccc2C#N)C1. The lowest BCUT2D eigenvalue weighted by molar-refractivity contribution is -0.120. The van der Waals surface area contributed by atoms with Crippen LogP contribution in [0.2, 0.25) is 0 Å². The zero-order valence-corrected chi connectivity index (χ0v) is 14.7. The summed E-state index contributed by atoms with van der Waals surface area (Å²) in [6.07, 6.45) is 2.77. The van der Waals surface area contributed by atoms with Crippen LogP contribution in [0, 0.1) is 17.2 Å². The Hall–Kier alpha value is -1.91. The van der Waals surface area contributed by atoms with Crippen molar-refractivity contribution in [3.63, 3.8) is 0 Å². The summed E-state index contributed by atoms with van der Waals surface area (Å²) in [5.41, 5.74) is 0.866. The Kier molecular flexibility index (Phi) is 6.35. The average molecular weight is 349 g/mol. The minimum Gasteiger partial charge on any atom is -0.325 e. The lowest BCUT2D eigenvalue weighted by atomic mass is 9.98. The first kappa shape index (κ1) is 18.4. The van der Waals surface area contributed by atoms with Gasteiger partial charge in [0.25, 0.3) is 0 Å². The molecule has 1 aliphatic rings. The quantitative estimate of drug-likeness (QED) is 0.853. The molecule has 1 atom stereocenters. The summed E-state index contributed by atoms with van der Waals surface area (Å²) in [5, 5.41) is 11.8. The van der Waals surface area contributed by atoms with Crippen LogP contribution in [0.1, 0.15) is 38.2 Å². The first-order chi connectivity index (χ1) is 11.5. The molecule has 1 N–H and O–H groups in total. The van der Waals surface area contributed by atoms with Gasteiger partial charge in [0.15, 0.2) is 0 Å². The van der Waals surface area contributed by atoms with E-state index >= 15 is 0 Å². The first-order valence-electron chi connectivity index (χ1n) is 8.25. The molecule has 1 saturated heterocycles. The molecule has 7 heteroatoms. The van der Waals surface area contributed by atoms with Gasteiger partial charge in [-0.25, -0.2) is 12.7 Å². The predicted octanol–water partition coefficient (Wildman–Crippen LogP) is 2.34. The lowest BCUT2D eigenvalue weighted by Gasteiger charge is -2.31. The monoisotopic (exact) mass is 349 g/mol. The molecule has 130 valence electrons. The summed E-state index contributed by atoms with van der Waals surface area (Å²) < 4.78 is 26.1. The van der Waals surface area contributed by atoms with Crippen LogP contribution in [-0.4, -0.2) is 37.5 Å². The predicted molar refractivity (Wildman–Crippen MR) is 92.8 cm³/mol. The second-order valence-electron chi connectivity index (χ2n) is 6.01. The molecule has 1 unspecified atom stereocenters. The third-order valence-electron chi connectivity index (χ3n) is 4.21. The largest absolute Gasteiger partial charge is 0.325 e. The van der Waals surface area contributed by atoms with Crippen molar-refractivity contribution in [2.45, 2.75) is 32.6 Å². The van der Waals surface area contributed by atoms with Gasteiger partial charge in [0.1, 0.15) is 6.07 Å². The van der Waals surface area contributed by atoms with E-state index in [1.165, 1.54) is 4.31 Å². The van der Waals surface area contributed by atoms with Crippen LogP contribution in [0.15, 0.2) is 24.3 Å². The number of unbranched alkanes of at least 4 members (excludes halogenated alkanes) is 1. The maximum Gasteiger partial charge on any atom is 0.228 e. The molecule has 0 spiro atoms. The van der Waals surface area contributed by atoms with Crippen LogP contribution < -0.4 is 5.32 Å². The summed E-state index contributed by atoms with van der Waals surface area (Å²) in [6.45, 7) is 2.64. The number of rotatable bonds is 6. The van der Waals surface area contributed by atoms with Gasteiger partial charge < -0.3 is 5.32 Å². The van der Waals surface area contributed by atoms with E-state index in [0.717, 1.165) is 6.42 Å². The van der Waals surface area contributed by atoms with Gasteiger partial charge in [-0.3, -0.25) is 4.79 Å². The van der Waals surface area contributed by atoms with Crippen molar-refractivity contribution in [3.8, 4) is 6.07 Å². The highest BCUT2D eigenvalue weighted by Gasteiger charge is 2.32. The highest BCUT2D eigenvalue weighted by atomic mass is 32.2. The second kappa shape index (κ2) is 8.27. The van der Waals surface area contributed by atoms with Crippen molar-refractivity contribution in [1.82, 2.24) is 4.31 Å². The van der Waals surface area contributed by atoms with E-state index in [1.807, 2.05) is 13.0 Å². The molecule has 1 amide bonds. The summed E-state index contributed by atoms with van der Waals surface area (Å²) in [5.74, 6) is -0.482. The van der Waals surface area contributed by atoms with Gasteiger partial charge in [0.2, 0.25) is 15.9 Å². The minimum atomic E-state index is -3.30. The Labute approximate surface area is 143 Å². The number of nitrogens with one attached hydrogen (secondary N) is 1. The fourth-order valence-corrected chi connectivity index (χ4v) is 4.52. The van der Waals surface area contributed by atoms with Gasteiger partial charge in [-0.05, 0) is 31.4 Å². The molecule has 0 aromatic heterocycles. The summed E-state index contributed by atoms with van der Waals surface area (Å²) >= 11 is 0. The topological polar surface area (TPSA) is 90.3 Å². The molecular weight excluding hydrogens is 326 g/mol. The fourth-order valence-electron chi connectivity index (χ4n) is 2.79. The van der Waals surface area contributed by atoms with Crippen LogP contribution in [-0.2, 0) is 14.8 Å². The molecule has 0 radical (unpaired) electrons. The Bertz CT molecular complexity index is 725. The van der Waals surface area contributed by atoms with Crippen molar-refractivity contribution in [1.29, 1.82) is 5.26 Å². The number of sulfonamides is 1. The zero-order chi connectivity index (χ0) is 17.6. The number of benzene rings is 1. The summed E-state index contributed by atoms with van der Waals surface area (Å²) in [7, 11) is -3.30. The number of hydrogen-bond donors (Lipinski definition) is 1. The molecule has 1 fully saturated rings. The molecular formula is C17H23N3O3S. The minimum absolute atomic E-state index is 0.134. The van der Waals surface area contributed by atoms with Crippen molar-refractivity contribution < 1.29 is 13.2 Å². The molecule has 0 saturated carbocycles. The van der Waals surface area contributed by atoms with Crippen molar-refractivity contribution >= 4 is 21.6 Å². The smallest absolute Gasteiger partial charge is 0.228 e.